The summed E-state index contributed by atoms with van der Waals surface area (Å²) in [5.74, 6) is 2.24. The predicted octanol–water partition coefficient (Wildman–Crippen LogP) is 0.644. The molecule has 5 heteroatoms. The second kappa shape index (κ2) is 6.71. The maximum Gasteiger partial charge on any atom is 0.193 e. The van der Waals surface area contributed by atoms with Crippen LogP contribution in [0.3, 0.4) is 0 Å². The van der Waals surface area contributed by atoms with Gasteiger partial charge in [-0.15, -0.1) is 0 Å². The van der Waals surface area contributed by atoms with Crippen LogP contribution in [0.4, 0.5) is 5.69 Å². The van der Waals surface area contributed by atoms with Gasteiger partial charge in [0, 0.05) is 39.9 Å². The Morgan fingerprint density at radius 3 is 1.83 bits per heavy atom. The molecule has 3 aliphatic rings. The Balaban J connectivity index is 1.78. The van der Waals surface area contributed by atoms with Crippen LogP contribution in [0.15, 0.2) is 0 Å². The smallest absolute Gasteiger partial charge is 0.193 e. The summed E-state index contributed by atoms with van der Waals surface area (Å²) in [6, 6.07) is 0. The van der Waals surface area contributed by atoms with Gasteiger partial charge < -0.3 is 9.64 Å². The summed E-state index contributed by atoms with van der Waals surface area (Å²) in [6.45, 7) is 3.20. The van der Waals surface area contributed by atoms with Gasteiger partial charge in [0.15, 0.2) is 7.05 Å². The first kappa shape index (κ1) is 15.3. The van der Waals surface area contributed by atoms with Gasteiger partial charge in [-0.2, -0.15) is 0 Å². The van der Waals surface area contributed by atoms with Crippen LogP contribution >= 0.6 is 0 Å². The largest absolute Gasteiger partial charge is 0.378 e. The molecular formula is C18H19N4O+. The highest BCUT2D eigenvalue weighted by molar-refractivity contribution is 5.69. The van der Waals surface area contributed by atoms with Crippen LogP contribution in [0, 0.1) is 63.2 Å². The first-order valence-corrected chi connectivity index (χ1v) is 7.88. The van der Waals surface area contributed by atoms with Gasteiger partial charge in [-0.3, -0.25) is 0 Å². The van der Waals surface area contributed by atoms with Crippen molar-refractivity contribution < 1.29 is 9.53 Å². The van der Waals surface area contributed by atoms with E-state index in [4.69, 9.17) is 4.74 Å². The normalized spacial score (nSPS) is 23.8. The Morgan fingerprint density at radius 2 is 1.35 bits per heavy atom. The average Bonchev–Trinajstić information content (AvgIpc) is 3.28. The number of aromatic nitrogens is 3. The molecule has 0 N–H and O–H groups in total. The molecular weight excluding hydrogens is 288 g/mol. The van der Waals surface area contributed by atoms with Gasteiger partial charge in [-0.05, 0) is 51.4 Å². The standard InChI is InChI=1S/C18H19N4O/c1-21-19-16(14-6-2-3-7-14)18(22-10-12-23-13-11-22)17(20-21)15-8-4-5-9-15/h2-9H,10-13H2,1H3/q+1. The van der Waals surface area contributed by atoms with Crippen LogP contribution in [-0.2, 0) is 11.8 Å². The topological polar surface area (TPSA) is 42.1 Å². The molecule has 3 fully saturated rings. The lowest BCUT2D eigenvalue weighted by molar-refractivity contribution is -0.787. The Morgan fingerprint density at radius 1 is 0.870 bits per heavy atom. The molecule has 1 aromatic rings. The number of rotatable bonds is 3. The summed E-state index contributed by atoms with van der Waals surface area (Å²) in [7, 11) is 1.88. The fourth-order valence-corrected chi connectivity index (χ4v) is 3.06. The molecule has 4 rings (SSSR count). The van der Waals surface area contributed by atoms with Crippen LogP contribution < -0.4 is 9.70 Å². The molecule has 2 aliphatic carbocycles. The number of nitrogens with zero attached hydrogens (tertiary/aromatic N) is 4. The summed E-state index contributed by atoms with van der Waals surface area (Å²) < 4.78 is 5.52. The molecule has 10 radical (unpaired) electrons. The van der Waals surface area contributed by atoms with Gasteiger partial charge in [-0.25, -0.2) is 0 Å². The van der Waals surface area contributed by atoms with Gasteiger partial charge in [0.2, 0.25) is 0 Å². The van der Waals surface area contributed by atoms with Crippen molar-refractivity contribution in [3.8, 4) is 0 Å². The van der Waals surface area contributed by atoms with Crippen molar-refractivity contribution in [2.75, 3.05) is 31.2 Å². The lowest BCUT2D eigenvalue weighted by Gasteiger charge is -2.31. The van der Waals surface area contributed by atoms with Crippen LogP contribution in [0.2, 0.25) is 0 Å². The average molecular weight is 307 g/mol. The van der Waals surface area contributed by atoms with Gasteiger partial charge in [0.25, 0.3) is 0 Å². The predicted molar refractivity (Wildman–Crippen MR) is 85.3 cm³/mol. The second-order valence-electron chi connectivity index (χ2n) is 5.68. The first-order valence-electron chi connectivity index (χ1n) is 7.88. The highest BCUT2D eigenvalue weighted by atomic mass is 16.5. The fraction of sp³-hybridized carbons (Fsp3) is 0.278. The molecule has 1 aliphatic heterocycles. The minimum atomic E-state index is 0.738. The third-order valence-electron chi connectivity index (χ3n) is 4.14. The van der Waals surface area contributed by atoms with Crippen molar-refractivity contribution in [1.29, 1.82) is 0 Å². The van der Waals surface area contributed by atoms with Gasteiger partial charge >= 0.3 is 0 Å². The van der Waals surface area contributed by atoms with Crippen LogP contribution in [0.25, 0.3) is 0 Å². The van der Waals surface area contributed by atoms with E-state index >= 15 is 0 Å². The summed E-state index contributed by atoms with van der Waals surface area (Å²) in [4.78, 5) is 4.00. The van der Waals surface area contributed by atoms with E-state index in [1.54, 1.807) is 4.80 Å². The number of morpholine rings is 1. The minimum Gasteiger partial charge on any atom is -0.378 e. The Bertz CT molecular complexity index is 507. The van der Waals surface area contributed by atoms with Crippen LogP contribution in [0.5, 0.6) is 0 Å². The summed E-state index contributed by atoms with van der Waals surface area (Å²) in [5, 5.41) is 9.37. The van der Waals surface area contributed by atoms with E-state index in [0.717, 1.165) is 55.2 Å². The summed E-state index contributed by atoms with van der Waals surface area (Å²) in [5.41, 5.74) is 3.06. The number of aryl methyl sites for hydroxylation is 1. The number of anilines is 1. The number of hydrogen-bond donors (Lipinski definition) is 0. The highest BCUT2D eigenvalue weighted by Gasteiger charge is 2.36. The van der Waals surface area contributed by atoms with E-state index in [1.165, 1.54) is 0 Å². The number of ether oxygens (including phenoxy) is 1. The lowest BCUT2D eigenvalue weighted by Crippen LogP contribution is -2.44. The van der Waals surface area contributed by atoms with Crippen molar-refractivity contribution >= 4 is 5.69 Å². The van der Waals surface area contributed by atoms with Crippen molar-refractivity contribution in [3.63, 3.8) is 0 Å². The quantitative estimate of drug-likeness (QED) is 0.769. The van der Waals surface area contributed by atoms with Crippen molar-refractivity contribution in [2.45, 2.75) is 0 Å². The molecule has 5 nitrogen and oxygen atoms in total. The van der Waals surface area contributed by atoms with E-state index in [-0.39, 0.29) is 0 Å². The molecule has 2 saturated carbocycles. The highest BCUT2D eigenvalue weighted by Crippen LogP contribution is 2.40. The molecule has 23 heavy (non-hydrogen) atoms. The third-order valence-corrected chi connectivity index (χ3v) is 4.14. The Labute approximate surface area is 139 Å². The third kappa shape index (κ3) is 3.08. The Kier molecular flexibility index (Phi) is 4.47. The zero-order valence-corrected chi connectivity index (χ0v) is 13.1. The van der Waals surface area contributed by atoms with Crippen LogP contribution in [0.1, 0.15) is 11.4 Å². The molecule has 0 bridgehead atoms. The zero-order valence-electron chi connectivity index (χ0n) is 13.1. The summed E-state index contributed by atoms with van der Waals surface area (Å²) >= 11 is 0. The van der Waals surface area contributed by atoms with Crippen molar-refractivity contribution in [1.82, 2.24) is 10.2 Å². The van der Waals surface area contributed by atoms with Crippen molar-refractivity contribution in [2.24, 2.45) is 7.05 Å². The molecule has 1 aromatic heterocycles. The SMILES string of the molecule is C[n+]1nc([C]2[CH][CH][CH][CH]2)c(N2CCOCC2)c([C]2[CH][CH][CH][CH]2)n1. The van der Waals surface area contributed by atoms with E-state index < -0.39 is 0 Å². The second-order valence-corrected chi connectivity index (χ2v) is 5.68. The monoisotopic (exact) mass is 307 g/mol. The Hall–Kier alpha value is -1.23. The molecule has 1 saturated heterocycles. The maximum atomic E-state index is 5.52. The van der Waals surface area contributed by atoms with E-state index in [9.17, 15) is 0 Å². The zero-order chi connectivity index (χ0) is 15.6. The lowest BCUT2D eigenvalue weighted by atomic mass is 9.95. The van der Waals surface area contributed by atoms with Gasteiger partial charge in [0.1, 0.15) is 11.4 Å². The minimum absolute atomic E-state index is 0.738. The van der Waals surface area contributed by atoms with E-state index in [0.29, 0.717) is 0 Å². The van der Waals surface area contributed by atoms with Crippen LogP contribution in [-0.4, -0.2) is 36.5 Å². The molecule has 0 aromatic carbocycles. The molecule has 0 unspecified atom stereocenters. The maximum absolute atomic E-state index is 5.52. The molecule has 2 heterocycles. The first-order chi connectivity index (χ1) is 11.3. The number of hydrogen-bond acceptors (Lipinski definition) is 4. The van der Waals surface area contributed by atoms with E-state index in [1.807, 2.05) is 32.7 Å². The molecule has 116 valence electrons. The van der Waals surface area contributed by atoms with E-state index in [2.05, 4.69) is 40.8 Å². The summed E-state index contributed by atoms with van der Waals surface area (Å²) in [6.07, 6.45) is 16.6. The fourth-order valence-electron chi connectivity index (χ4n) is 3.06. The van der Waals surface area contributed by atoms with Gasteiger partial charge in [-0.1, -0.05) is 0 Å². The molecule has 0 spiro atoms. The van der Waals surface area contributed by atoms with Crippen molar-refractivity contribution in [3.05, 3.63) is 74.6 Å². The van der Waals surface area contributed by atoms with Gasteiger partial charge in [0.05, 0.1) is 18.9 Å². The molecule has 0 amide bonds. The molecule has 0 atom stereocenters.